The van der Waals surface area contributed by atoms with Crippen LogP contribution in [0.4, 0.5) is 0 Å². The number of rotatable bonds is 3. The van der Waals surface area contributed by atoms with Crippen molar-refractivity contribution in [3.63, 3.8) is 0 Å². The van der Waals surface area contributed by atoms with Crippen molar-refractivity contribution in [2.45, 2.75) is 25.4 Å². The van der Waals surface area contributed by atoms with Crippen molar-refractivity contribution in [3.8, 4) is 0 Å². The molecule has 0 saturated carbocycles. The molecule has 1 saturated heterocycles. The van der Waals surface area contributed by atoms with Crippen LogP contribution in [-0.2, 0) is 0 Å². The molecular formula is C15H24BrN3. The molecule has 0 aliphatic carbocycles. The summed E-state index contributed by atoms with van der Waals surface area (Å²) < 4.78 is 1.13. The van der Waals surface area contributed by atoms with Crippen molar-refractivity contribution in [1.82, 2.24) is 9.80 Å². The lowest BCUT2D eigenvalue weighted by atomic mass is 9.99. The molecule has 4 heteroatoms. The van der Waals surface area contributed by atoms with E-state index in [2.05, 4.69) is 64.0 Å². The van der Waals surface area contributed by atoms with E-state index in [1.165, 1.54) is 18.5 Å². The minimum atomic E-state index is 0.137. The lowest BCUT2D eigenvalue weighted by Crippen LogP contribution is -2.41. The minimum Gasteiger partial charge on any atom is -0.326 e. The van der Waals surface area contributed by atoms with Crippen molar-refractivity contribution in [3.05, 3.63) is 34.3 Å². The van der Waals surface area contributed by atoms with Crippen molar-refractivity contribution in [2.75, 3.05) is 33.2 Å². The SMILES string of the molecule is CC(N)C(c1cccc(Br)c1)N1CCCN(C)CC1. The summed E-state index contributed by atoms with van der Waals surface area (Å²) in [5.41, 5.74) is 7.58. The lowest BCUT2D eigenvalue weighted by molar-refractivity contribution is 0.182. The predicted molar refractivity (Wildman–Crippen MR) is 84.2 cm³/mol. The van der Waals surface area contributed by atoms with E-state index in [1.807, 2.05) is 0 Å². The molecule has 2 atom stereocenters. The Hall–Kier alpha value is -0.420. The van der Waals surface area contributed by atoms with Gasteiger partial charge in [0.25, 0.3) is 0 Å². The number of benzene rings is 1. The molecule has 1 aliphatic rings. The molecular weight excluding hydrogens is 302 g/mol. The largest absolute Gasteiger partial charge is 0.326 e. The quantitative estimate of drug-likeness (QED) is 0.926. The summed E-state index contributed by atoms with van der Waals surface area (Å²) in [6, 6.07) is 8.99. The van der Waals surface area contributed by atoms with Gasteiger partial charge in [-0.05, 0) is 44.6 Å². The monoisotopic (exact) mass is 325 g/mol. The molecule has 2 unspecified atom stereocenters. The summed E-state index contributed by atoms with van der Waals surface area (Å²) in [5, 5.41) is 0. The first-order chi connectivity index (χ1) is 9.08. The second kappa shape index (κ2) is 6.84. The summed E-state index contributed by atoms with van der Waals surface area (Å²) in [5.74, 6) is 0. The van der Waals surface area contributed by atoms with Crippen molar-refractivity contribution in [1.29, 1.82) is 0 Å². The molecule has 1 aromatic rings. The first kappa shape index (κ1) is 15.0. The zero-order valence-electron chi connectivity index (χ0n) is 11.8. The fourth-order valence-electron chi connectivity index (χ4n) is 2.88. The van der Waals surface area contributed by atoms with E-state index in [4.69, 9.17) is 5.73 Å². The highest BCUT2D eigenvalue weighted by atomic mass is 79.9. The Bertz CT molecular complexity index is 408. The first-order valence-electron chi connectivity index (χ1n) is 7.01. The van der Waals surface area contributed by atoms with Crippen molar-refractivity contribution >= 4 is 15.9 Å². The van der Waals surface area contributed by atoms with Crippen LogP contribution in [0.5, 0.6) is 0 Å². The number of nitrogens with zero attached hydrogens (tertiary/aromatic N) is 2. The minimum absolute atomic E-state index is 0.137. The van der Waals surface area contributed by atoms with Crippen molar-refractivity contribution in [2.24, 2.45) is 5.73 Å². The Morgan fingerprint density at radius 3 is 2.68 bits per heavy atom. The smallest absolute Gasteiger partial charge is 0.0497 e. The molecule has 0 spiro atoms. The molecule has 3 nitrogen and oxygen atoms in total. The second-order valence-electron chi connectivity index (χ2n) is 5.55. The van der Waals surface area contributed by atoms with Gasteiger partial charge in [-0.15, -0.1) is 0 Å². The van der Waals surface area contributed by atoms with Crippen LogP contribution in [0, 0.1) is 0 Å². The predicted octanol–water partition coefficient (Wildman–Crippen LogP) is 2.47. The van der Waals surface area contributed by atoms with Gasteiger partial charge in [0.15, 0.2) is 0 Å². The average molecular weight is 326 g/mol. The van der Waals surface area contributed by atoms with Crippen LogP contribution in [0.3, 0.4) is 0 Å². The molecule has 1 aromatic carbocycles. The zero-order chi connectivity index (χ0) is 13.8. The Kier molecular flexibility index (Phi) is 5.39. The summed E-state index contributed by atoms with van der Waals surface area (Å²) in [6.07, 6.45) is 1.22. The van der Waals surface area contributed by atoms with Crippen LogP contribution >= 0.6 is 15.9 Å². The van der Waals surface area contributed by atoms with Crippen molar-refractivity contribution < 1.29 is 0 Å². The number of halogens is 1. The third-order valence-electron chi connectivity index (χ3n) is 3.84. The number of hydrogen-bond acceptors (Lipinski definition) is 3. The van der Waals surface area contributed by atoms with Crippen LogP contribution in [-0.4, -0.2) is 49.1 Å². The highest BCUT2D eigenvalue weighted by Crippen LogP contribution is 2.26. The van der Waals surface area contributed by atoms with Gasteiger partial charge in [-0.3, -0.25) is 4.90 Å². The van der Waals surface area contributed by atoms with Gasteiger partial charge in [-0.25, -0.2) is 0 Å². The van der Waals surface area contributed by atoms with E-state index < -0.39 is 0 Å². The molecule has 0 aromatic heterocycles. The second-order valence-corrected chi connectivity index (χ2v) is 6.47. The molecule has 1 heterocycles. The molecule has 2 N–H and O–H groups in total. The van der Waals surface area contributed by atoms with Crippen LogP contribution in [0.25, 0.3) is 0 Å². The molecule has 1 aliphatic heterocycles. The van der Waals surface area contributed by atoms with Crippen LogP contribution < -0.4 is 5.73 Å². The molecule has 106 valence electrons. The maximum atomic E-state index is 6.26. The topological polar surface area (TPSA) is 32.5 Å². The van der Waals surface area contributed by atoms with Gasteiger partial charge in [-0.1, -0.05) is 28.1 Å². The first-order valence-corrected chi connectivity index (χ1v) is 7.81. The van der Waals surface area contributed by atoms with Gasteiger partial charge in [0.1, 0.15) is 0 Å². The number of nitrogens with two attached hydrogens (primary N) is 1. The third kappa shape index (κ3) is 4.02. The van der Waals surface area contributed by atoms with E-state index in [0.717, 1.165) is 24.1 Å². The Labute approximate surface area is 124 Å². The Morgan fingerprint density at radius 2 is 2.00 bits per heavy atom. The molecule has 19 heavy (non-hydrogen) atoms. The normalized spacial score (nSPS) is 21.9. The maximum absolute atomic E-state index is 6.26. The van der Waals surface area contributed by atoms with Gasteiger partial charge < -0.3 is 10.6 Å². The van der Waals surface area contributed by atoms with Gasteiger partial charge in [0.05, 0.1) is 0 Å². The average Bonchev–Trinajstić information content (AvgIpc) is 2.55. The Morgan fingerprint density at radius 1 is 1.21 bits per heavy atom. The number of hydrogen-bond donors (Lipinski definition) is 1. The molecule has 0 bridgehead atoms. The zero-order valence-corrected chi connectivity index (χ0v) is 13.4. The van der Waals surface area contributed by atoms with Gasteiger partial charge in [0, 0.05) is 36.2 Å². The van der Waals surface area contributed by atoms with Crippen LogP contribution in [0.1, 0.15) is 24.9 Å². The number of likely N-dealkylation sites (N-methyl/N-ethyl adjacent to an activating group) is 1. The third-order valence-corrected chi connectivity index (χ3v) is 4.33. The Balaban J connectivity index is 2.20. The fraction of sp³-hybridized carbons (Fsp3) is 0.600. The van der Waals surface area contributed by atoms with E-state index in [1.54, 1.807) is 0 Å². The summed E-state index contributed by atoms with van der Waals surface area (Å²) in [6.45, 7) is 6.64. The van der Waals surface area contributed by atoms with E-state index in [-0.39, 0.29) is 6.04 Å². The van der Waals surface area contributed by atoms with E-state index >= 15 is 0 Å². The fourth-order valence-corrected chi connectivity index (χ4v) is 3.30. The molecule has 0 amide bonds. The maximum Gasteiger partial charge on any atom is 0.0497 e. The summed E-state index contributed by atoms with van der Waals surface area (Å²) in [4.78, 5) is 4.94. The molecule has 0 radical (unpaired) electrons. The highest BCUT2D eigenvalue weighted by molar-refractivity contribution is 9.10. The van der Waals surface area contributed by atoms with Gasteiger partial charge >= 0.3 is 0 Å². The van der Waals surface area contributed by atoms with E-state index in [0.29, 0.717) is 6.04 Å². The lowest BCUT2D eigenvalue weighted by Gasteiger charge is -2.33. The van der Waals surface area contributed by atoms with Crippen LogP contribution in [0.2, 0.25) is 0 Å². The van der Waals surface area contributed by atoms with Crippen LogP contribution in [0.15, 0.2) is 28.7 Å². The standard InChI is InChI=1S/C15H24BrN3/c1-12(17)15(13-5-3-6-14(16)11-13)19-8-4-7-18(2)9-10-19/h3,5-6,11-12,15H,4,7-10,17H2,1-2H3. The highest BCUT2D eigenvalue weighted by Gasteiger charge is 2.25. The summed E-state index contributed by atoms with van der Waals surface area (Å²) in [7, 11) is 2.20. The molecule has 1 fully saturated rings. The van der Waals surface area contributed by atoms with E-state index in [9.17, 15) is 0 Å². The van der Waals surface area contributed by atoms with Gasteiger partial charge in [-0.2, -0.15) is 0 Å². The van der Waals surface area contributed by atoms with Gasteiger partial charge in [0.2, 0.25) is 0 Å². The molecule has 2 rings (SSSR count). The summed E-state index contributed by atoms with van der Waals surface area (Å²) >= 11 is 3.56.